The van der Waals surface area contributed by atoms with Gasteiger partial charge in [-0.05, 0) is 42.8 Å². The van der Waals surface area contributed by atoms with Crippen molar-refractivity contribution in [1.29, 1.82) is 0 Å². The van der Waals surface area contributed by atoms with E-state index in [1.165, 1.54) is 23.4 Å². The number of carbonyl (C=O) groups excluding carboxylic acids is 1. The van der Waals surface area contributed by atoms with Crippen molar-refractivity contribution >= 4 is 17.4 Å². The zero-order valence-electron chi connectivity index (χ0n) is 18.9. The van der Waals surface area contributed by atoms with Crippen LogP contribution in [0.1, 0.15) is 15.9 Å². The van der Waals surface area contributed by atoms with E-state index in [1.54, 1.807) is 25.4 Å². The lowest BCUT2D eigenvalue weighted by Crippen LogP contribution is -2.47. The number of hydrogen-bond donors (Lipinski definition) is 1. The Bertz CT molecular complexity index is 1100. The maximum Gasteiger partial charge on any atom is 0.256 e. The van der Waals surface area contributed by atoms with E-state index in [0.29, 0.717) is 49.0 Å². The number of para-hydroxylation sites is 1. The van der Waals surface area contributed by atoms with E-state index in [4.69, 9.17) is 9.72 Å². The highest BCUT2D eigenvalue weighted by atomic mass is 19.1. The van der Waals surface area contributed by atoms with Crippen LogP contribution in [0.2, 0.25) is 0 Å². The smallest absolute Gasteiger partial charge is 0.256 e. The Morgan fingerprint density at radius 2 is 1.76 bits per heavy atom. The Kier molecular flexibility index (Phi) is 7.14. The van der Waals surface area contributed by atoms with Crippen molar-refractivity contribution in [2.45, 2.75) is 6.92 Å². The third kappa shape index (κ3) is 5.28. The van der Waals surface area contributed by atoms with Gasteiger partial charge in [-0.15, -0.1) is 0 Å². The standard InChI is InChI=1S/C25H28FN5O2/c1-18-5-3-4-6-22(18)30-12-14-31(15-13-30)24-21(25(32)27-11-16-33-2)17-28-23(29-24)19-7-9-20(26)10-8-19/h3-10,17H,11-16H2,1-2H3,(H,27,32). The van der Waals surface area contributed by atoms with Gasteiger partial charge in [0.1, 0.15) is 17.2 Å². The Morgan fingerprint density at radius 3 is 2.45 bits per heavy atom. The van der Waals surface area contributed by atoms with Crippen LogP contribution in [-0.2, 0) is 4.74 Å². The quantitative estimate of drug-likeness (QED) is 0.558. The predicted octanol–water partition coefficient (Wildman–Crippen LogP) is 3.29. The van der Waals surface area contributed by atoms with Gasteiger partial charge >= 0.3 is 0 Å². The second-order valence-corrected chi connectivity index (χ2v) is 7.95. The van der Waals surface area contributed by atoms with Crippen LogP contribution >= 0.6 is 0 Å². The summed E-state index contributed by atoms with van der Waals surface area (Å²) < 4.78 is 18.4. The summed E-state index contributed by atoms with van der Waals surface area (Å²) in [6.07, 6.45) is 1.55. The van der Waals surface area contributed by atoms with Crippen molar-refractivity contribution in [3.63, 3.8) is 0 Å². The maximum atomic E-state index is 13.4. The van der Waals surface area contributed by atoms with Gasteiger partial charge in [-0.2, -0.15) is 0 Å². The number of carbonyl (C=O) groups is 1. The molecule has 172 valence electrons. The van der Waals surface area contributed by atoms with E-state index in [9.17, 15) is 9.18 Å². The number of benzene rings is 2. The van der Waals surface area contributed by atoms with Crippen LogP contribution in [0.3, 0.4) is 0 Å². The van der Waals surface area contributed by atoms with Gasteiger partial charge in [0.05, 0.1) is 6.61 Å². The molecule has 4 rings (SSSR count). The normalized spacial score (nSPS) is 13.8. The van der Waals surface area contributed by atoms with E-state index in [-0.39, 0.29) is 11.7 Å². The largest absolute Gasteiger partial charge is 0.383 e. The first-order valence-corrected chi connectivity index (χ1v) is 11.0. The van der Waals surface area contributed by atoms with Crippen LogP contribution in [0.15, 0.2) is 54.7 Å². The van der Waals surface area contributed by atoms with Crippen LogP contribution < -0.4 is 15.1 Å². The van der Waals surface area contributed by atoms with E-state index in [0.717, 1.165) is 13.1 Å². The molecule has 8 heteroatoms. The average molecular weight is 450 g/mol. The highest BCUT2D eigenvalue weighted by Crippen LogP contribution is 2.26. The van der Waals surface area contributed by atoms with Gasteiger partial charge in [-0.25, -0.2) is 14.4 Å². The summed E-state index contributed by atoms with van der Waals surface area (Å²) in [4.78, 5) is 26.5. The molecule has 1 N–H and O–H groups in total. The number of halogens is 1. The van der Waals surface area contributed by atoms with Crippen molar-refractivity contribution < 1.29 is 13.9 Å². The molecule has 1 aliphatic heterocycles. The molecular weight excluding hydrogens is 421 g/mol. The number of ether oxygens (including phenoxy) is 1. The second kappa shape index (κ2) is 10.4. The van der Waals surface area contributed by atoms with E-state index in [2.05, 4.69) is 45.2 Å². The highest BCUT2D eigenvalue weighted by molar-refractivity contribution is 5.99. The van der Waals surface area contributed by atoms with Crippen molar-refractivity contribution in [3.05, 3.63) is 71.7 Å². The first-order chi connectivity index (χ1) is 16.1. The van der Waals surface area contributed by atoms with Gasteiger partial charge in [0.2, 0.25) is 0 Å². The number of piperazine rings is 1. The number of aromatic nitrogens is 2. The first-order valence-electron chi connectivity index (χ1n) is 11.0. The summed E-state index contributed by atoms with van der Waals surface area (Å²) in [5, 5.41) is 2.86. The summed E-state index contributed by atoms with van der Waals surface area (Å²) in [7, 11) is 1.59. The lowest BCUT2D eigenvalue weighted by Gasteiger charge is -2.38. The van der Waals surface area contributed by atoms with Crippen LogP contribution in [0, 0.1) is 12.7 Å². The molecule has 1 saturated heterocycles. The Labute approximate surface area is 193 Å². The van der Waals surface area contributed by atoms with Gasteiger partial charge in [-0.1, -0.05) is 18.2 Å². The van der Waals surface area contributed by atoms with Crippen molar-refractivity contribution in [2.75, 3.05) is 56.2 Å². The fourth-order valence-corrected chi connectivity index (χ4v) is 3.95. The zero-order chi connectivity index (χ0) is 23.2. The summed E-state index contributed by atoms with van der Waals surface area (Å²) >= 11 is 0. The number of hydrogen-bond acceptors (Lipinski definition) is 6. The highest BCUT2D eigenvalue weighted by Gasteiger charge is 2.25. The number of nitrogens with zero attached hydrogens (tertiary/aromatic N) is 4. The lowest BCUT2D eigenvalue weighted by atomic mass is 10.1. The van der Waals surface area contributed by atoms with Crippen LogP contribution in [0.25, 0.3) is 11.4 Å². The summed E-state index contributed by atoms with van der Waals surface area (Å²) in [6.45, 7) is 5.99. The summed E-state index contributed by atoms with van der Waals surface area (Å²) in [6, 6.07) is 14.4. The number of nitrogens with one attached hydrogen (secondary N) is 1. The molecule has 2 aromatic carbocycles. The molecule has 0 atom stereocenters. The average Bonchev–Trinajstić information content (AvgIpc) is 2.85. The lowest BCUT2D eigenvalue weighted by molar-refractivity contribution is 0.0937. The summed E-state index contributed by atoms with van der Waals surface area (Å²) in [5.74, 6) is 0.484. The molecule has 0 radical (unpaired) electrons. The minimum atomic E-state index is -0.319. The van der Waals surface area contributed by atoms with Crippen molar-refractivity contribution in [1.82, 2.24) is 15.3 Å². The molecule has 3 aromatic rings. The molecule has 1 aromatic heterocycles. The van der Waals surface area contributed by atoms with Crippen molar-refractivity contribution in [3.8, 4) is 11.4 Å². The molecule has 1 amide bonds. The molecular formula is C25H28FN5O2. The molecule has 7 nitrogen and oxygen atoms in total. The van der Waals surface area contributed by atoms with Gasteiger partial charge in [0.25, 0.3) is 5.91 Å². The molecule has 0 unspecified atom stereocenters. The number of amides is 1. The maximum absolute atomic E-state index is 13.4. The molecule has 2 heterocycles. The number of anilines is 2. The SMILES string of the molecule is COCCNC(=O)c1cnc(-c2ccc(F)cc2)nc1N1CCN(c2ccccc2C)CC1. The third-order valence-electron chi connectivity index (χ3n) is 5.74. The number of rotatable bonds is 7. The molecule has 0 saturated carbocycles. The molecule has 0 aliphatic carbocycles. The van der Waals surface area contributed by atoms with Gasteiger partial charge < -0.3 is 19.9 Å². The van der Waals surface area contributed by atoms with E-state index < -0.39 is 0 Å². The Balaban J connectivity index is 1.60. The van der Waals surface area contributed by atoms with Crippen LogP contribution in [-0.4, -0.2) is 62.3 Å². The monoisotopic (exact) mass is 449 g/mol. The van der Waals surface area contributed by atoms with Crippen LogP contribution in [0.5, 0.6) is 0 Å². The fraction of sp³-hybridized carbons (Fsp3) is 0.320. The third-order valence-corrected chi connectivity index (χ3v) is 5.74. The number of aryl methyl sites for hydroxylation is 1. The van der Waals surface area contributed by atoms with Gasteiger partial charge in [0.15, 0.2) is 5.82 Å². The molecule has 0 bridgehead atoms. The minimum absolute atomic E-state index is 0.242. The topological polar surface area (TPSA) is 70.6 Å². The zero-order valence-corrected chi connectivity index (χ0v) is 18.9. The number of methoxy groups -OCH3 is 1. The second-order valence-electron chi connectivity index (χ2n) is 7.95. The van der Waals surface area contributed by atoms with Crippen LogP contribution in [0.4, 0.5) is 15.9 Å². The van der Waals surface area contributed by atoms with E-state index >= 15 is 0 Å². The minimum Gasteiger partial charge on any atom is -0.383 e. The van der Waals surface area contributed by atoms with Crippen molar-refractivity contribution in [2.24, 2.45) is 0 Å². The molecule has 33 heavy (non-hydrogen) atoms. The van der Waals surface area contributed by atoms with Gasteiger partial charge in [0, 0.05) is 57.3 Å². The summed E-state index contributed by atoms with van der Waals surface area (Å²) in [5.41, 5.74) is 3.58. The molecule has 0 spiro atoms. The molecule has 1 fully saturated rings. The van der Waals surface area contributed by atoms with E-state index in [1.807, 2.05) is 6.07 Å². The fourth-order valence-electron chi connectivity index (χ4n) is 3.95. The predicted molar refractivity (Wildman–Crippen MR) is 127 cm³/mol. The first kappa shape index (κ1) is 22.7. The molecule has 1 aliphatic rings. The Hall–Kier alpha value is -3.52. The Morgan fingerprint density at radius 1 is 1.06 bits per heavy atom. The van der Waals surface area contributed by atoms with Gasteiger partial charge in [-0.3, -0.25) is 4.79 Å².